The highest BCUT2D eigenvalue weighted by atomic mass is 79.9. The van der Waals surface area contributed by atoms with Gasteiger partial charge in [0.1, 0.15) is 5.41 Å². The highest BCUT2D eigenvalue weighted by Crippen LogP contribution is 2.56. The van der Waals surface area contributed by atoms with E-state index in [0.717, 1.165) is 5.56 Å². The molecule has 4 rings (SSSR count). The number of allylic oxidation sites excluding steroid dienone is 1. The Morgan fingerprint density at radius 1 is 0.692 bits per heavy atom. The quantitative estimate of drug-likeness (QED) is 0.435. The molecule has 1 aliphatic rings. The van der Waals surface area contributed by atoms with Crippen LogP contribution in [0.25, 0.3) is 5.57 Å². The number of rotatable bonds is 2. The molecule has 0 saturated carbocycles. The molecule has 0 radical (unpaired) electrons. The van der Waals surface area contributed by atoms with Crippen molar-refractivity contribution in [3.8, 4) is 0 Å². The van der Waals surface area contributed by atoms with E-state index >= 15 is 0 Å². The smallest absolute Gasteiger partial charge is 0.169 e. The second kappa shape index (κ2) is 6.13. The van der Waals surface area contributed by atoms with Crippen LogP contribution in [-0.4, -0.2) is 6.18 Å². The number of benzene rings is 3. The standard InChI is InChI=1S/C22H14BrF3/c23-20-13-7-6-12-19(20)21(22(24,25)26)14-17(15-8-2-1-3-9-15)16-10-4-5-11-18(16)21/h1-14H. The molecule has 26 heavy (non-hydrogen) atoms. The van der Waals surface area contributed by atoms with Crippen LogP contribution in [0.4, 0.5) is 13.2 Å². The fourth-order valence-electron chi connectivity index (χ4n) is 3.68. The Labute approximate surface area is 158 Å². The van der Waals surface area contributed by atoms with E-state index in [9.17, 15) is 13.2 Å². The molecule has 0 aromatic heterocycles. The first-order valence-electron chi connectivity index (χ1n) is 8.15. The summed E-state index contributed by atoms with van der Waals surface area (Å²) >= 11 is 3.33. The van der Waals surface area contributed by atoms with E-state index in [0.29, 0.717) is 15.6 Å². The Hall–Kier alpha value is -2.33. The van der Waals surface area contributed by atoms with Gasteiger partial charge in [0, 0.05) is 4.47 Å². The first-order chi connectivity index (χ1) is 12.4. The Balaban J connectivity index is 2.10. The molecule has 1 aliphatic carbocycles. The van der Waals surface area contributed by atoms with Crippen molar-refractivity contribution in [2.45, 2.75) is 11.6 Å². The minimum absolute atomic E-state index is 0.200. The van der Waals surface area contributed by atoms with Crippen molar-refractivity contribution in [3.63, 3.8) is 0 Å². The van der Waals surface area contributed by atoms with E-state index < -0.39 is 11.6 Å². The molecule has 3 aromatic carbocycles. The molecule has 0 aliphatic heterocycles. The van der Waals surface area contributed by atoms with Gasteiger partial charge in [-0.05, 0) is 33.9 Å². The number of alkyl halides is 3. The Morgan fingerprint density at radius 2 is 1.27 bits per heavy atom. The molecule has 0 heterocycles. The van der Waals surface area contributed by atoms with Crippen molar-refractivity contribution in [2.24, 2.45) is 0 Å². The summed E-state index contributed by atoms with van der Waals surface area (Å²) in [6, 6.07) is 22.6. The predicted molar refractivity (Wildman–Crippen MR) is 101 cm³/mol. The van der Waals surface area contributed by atoms with Crippen molar-refractivity contribution < 1.29 is 13.2 Å². The molecule has 0 N–H and O–H groups in total. The summed E-state index contributed by atoms with van der Waals surface area (Å²) in [5.41, 5.74) is 0.276. The molecule has 0 spiro atoms. The third-order valence-corrected chi connectivity index (χ3v) is 5.53. The van der Waals surface area contributed by atoms with E-state index in [1.54, 1.807) is 48.5 Å². The maximum atomic E-state index is 14.6. The Bertz CT molecular complexity index is 990. The van der Waals surface area contributed by atoms with Crippen LogP contribution in [0.5, 0.6) is 0 Å². The van der Waals surface area contributed by atoms with Crippen molar-refractivity contribution >= 4 is 21.5 Å². The molecule has 4 heteroatoms. The molecule has 1 atom stereocenters. The van der Waals surface area contributed by atoms with Gasteiger partial charge in [-0.1, -0.05) is 94.8 Å². The van der Waals surface area contributed by atoms with Gasteiger partial charge in [0.2, 0.25) is 0 Å². The SMILES string of the molecule is FC(F)(F)C1(c2ccccc2Br)C=C(c2ccccc2)c2ccccc21. The number of halogens is 4. The van der Waals surface area contributed by atoms with E-state index in [2.05, 4.69) is 15.9 Å². The van der Waals surface area contributed by atoms with Gasteiger partial charge in [0.05, 0.1) is 0 Å². The third-order valence-electron chi connectivity index (χ3n) is 4.83. The topological polar surface area (TPSA) is 0 Å². The highest BCUT2D eigenvalue weighted by molar-refractivity contribution is 9.10. The number of hydrogen-bond donors (Lipinski definition) is 0. The molecule has 0 bridgehead atoms. The molecular formula is C22H14BrF3. The second-order valence-corrected chi connectivity index (χ2v) is 7.11. The Kier molecular flexibility index (Phi) is 4.03. The summed E-state index contributed by atoms with van der Waals surface area (Å²) in [4.78, 5) is 0. The lowest BCUT2D eigenvalue weighted by atomic mass is 9.75. The van der Waals surface area contributed by atoms with Crippen LogP contribution in [0.15, 0.2) is 89.4 Å². The zero-order chi connectivity index (χ0) is 18.4. The van der Waals surface area contributed by atoms with Crippen LogP contribution in [0.1, 0.15) is 22.3 Å². The first-order valence-corrected chi connectivity index (χ1v) is 8.94. The van der Waals surface area contributed by atoms with Crippen LogP contribution in [-0.2, 0) is 5.41 Å². The first kappa shape index (κ1) is 17.1. The molecule has 130 valence electrons. The van der Waals surface area contributed by atoms with Gasteiger partial charge in [0.25, 0.3) is 0 Å². The number of fused-ring (bicyclic) bond motifs is 1. The van der Waals surface area contributed by atoms with Gasteiger partial charge in [-0.2, -0.15) is 13.2 Å². The van der Waals surface area contributed by atoms with Crippen LogP contribution in [0.2, 0.25) is 0 Å². The van der Waals surface area contributed by atoms with E-state index in [4.69, 9.17) is 0 Å². The summed E-state index contributed by atoms with van der Waals surface area (Å²) in [5, 5.41) is 0. The largest absolute Gasteiger partial charge is 0.405 e. The molecule has 3 aromatic rings. The average molecular weight is 415 g/mol. The summed E-state index contributed by atoms with van der Waals surface area (Å²) < 4.78 is 44.2. The molecule has 0 saturated heterocycles. The fourth-order valence-corrected chi connectivity index (χ4v) is 4.28. The van der Waals surface area contributed by atoms with Gasteiger partial charge < -0.3 is 0 Å². The lowest BCUT2D eigenvalue weighted by molar-refractivity contribution is -0.163. The summed E-state index contributed by atoms with van der Waals surface area (Å²) in [5.74, 6) is 0. The van der Waals surface area contributed by atoms with Crippen LogP contribution >= 0.6 is 15.9 Å². The third kappa shape index (κ3) is 2.43. The maximum Gasteiger partial charge on any atom is 0.405 e. The zero-order valence-corrected chi connectivity index (χ0v) is 15.2. The summed E-state index contributed by atoms with van der Waals surface area (Å²) in [6.07, 6.45) is -3.11. The highest BCUT2D eigenvalue weighted by Gasteiger charge is 2.59. The predicted octanol–water partition coefficient (Wildman–Crippen LogP) is 6.74. The van der Waals surface area contributed by atoms with Crippen molar-refractivity contribution in [3.05, 3.63) is 112 Å². The second-order valence-electron chi connectivity index (χ2n) is 6.26. The van der Waals surface area contributed by atoms with Gasteiger partial charge in [0.15, 0.2) is 0 Å². The molecule has 1 unspecified atom stereocenters. The monoisotopic (exact) mass is 414 g/mol. The van der Waals surface area contributed by atoms with Gasteiger partial charge in [-0.25, -0.2) is 0 Å². The van der Waals surface area contributed by atoms with Crippen LogP contribution in [0, 0.1) is 0 Å². The molecular weight excluding hydrogens is 401 g/mol. The zero-order valence-electron chi connectivity index (χ0n) is 13.6. The van der Waals surface area contributed by atoms with Gasteiger partial charge in [-0.15, -0.1) is 0 Å². The summed E-state index contributed by atoms with van der Waals surface area (Å²) in [6.45, 7) is 0. The molecule has 0 nitrogen and oxygen atoms in total. The van der Waals surface area contributed by atoms with Gasteiger partial charge >= 0.3 is 6.18 Å². The van der Waals surface area contributed by atoms with Gasteiger partial charge in [-0.3, -0.25) is 0 Å². The molecule has 0 amide bonds. The van der Waals surface area contributed by atoms with E-state index in [1.165, 1.54) is 6.08 Å². The maximum absolute atomic E-state index is 14.6. The lowest BCUT2D eigenvalue weighted by Crippen LogP contribution is -2.41. The normalized spacial score (nSPS) is 19.2. The van der Waals surface area contributed by atoms with Crippen molar-refractivity contribution in [2.75, 3.05) is 0 Å². The fraction of sp³-hybridized carbons (Fsp3) is 0.0909. The average Bonchev–Trinajstić information content (AvgIpc) is 2.99. The van der Waals surface area contributed by atoms with Crippen molar-refractivity contribution in [1.82, 2.24) is 0 Å². The molecule has 0 fully saturated rings. The lowest BCUT2D eigenvalue weighted by Gasteiger charge is -2.33. The Morgan fingerprint density at radius 3 is 1.92 bits per heavy atom. The minimum atomic E-state index is -4.48. The van der Waals surface area contributed by atoms with Crippen molar-refractivity contribution in [1.29, 1.82) is 0 Å². The van der Waals surface area contributed by atoms with E-state index in [1.807, 2.05) is 30.3 Å². The number of hydrogen-bond acceptors (Lipinski definition) is 0. The summed E-state index contributed by atoms with van der Waals surface area (Å²) in [7, 11) is 0. The minimum Gasteiger partial charge on any atom is -0.169 e. The van der Waals surface area contributed by atoms with E-state index in [-0.39, 0.29) is 11.1 Å². The van der Waals surface area contributed by atoms with Crippen LogP contribution in [0.3, 0.4) is 0 Å². The van der Waals surface area contributed by atoms with Crippen LogP contribution < -0.4 is 0 Å².